The van der Waals surface area contributed by atoms with Gasteiger partial charge in [0, 0.05) is 23.8 Å². The summed E-state index contributed by atoms with van der Waals surface area (Å²) in [6, 6.07) is 15.2. The standard InChI is InChI=1S/C26H30N4O3S/c1-5-6-9-16-34-26-27-24-23(28-29-26)21-10-7-8-11-22(21)30(18(4)31)25(33-24)19-12-14-20(15-13-19)32-17(2)3/h7-8,10-15,17,25H,5-6,9,16H2,1-4H3/t25-/m1/s1. The zero-order valence-electron chi connectivity index (χ0n) is 20.0. The summed E-state index contributed by atoms with van der Waals surface area (Å²) >= 11 is 1.57. The van der Waals surface area contributed by atoms with Gasteiger partial charge in [-0.3, -0.25) is 9.69 Å². The fourth-order valence-electron chi connectivity index (χ4n) is 3.83. The Balaban J connectivity index is 1.75. The van der Waals surface area contributed by atoms with Gasteiger partial charge in [-0.25, -0.2) is 0 Å². The minimum Gasteiger partial charge on any atom is -0.491 e. The molecule has 1 aromatic heterocycles. The largest absolute Gasteiger partial charge is 0.491 e. The quantitative estimate of drug-likeness (QED) is 0.288. The van der Waals surface area contributed by atoms with Crippen molar-refractivity contribution < 1.29 is 14.3 Å². The SMILES string of the molecule is CCCCCSc1nnc2c(n1)O[C@H](c1ccc(OC(C)C)cc1)N(C(C)=O)c1ccccc1-2. The Kier molecular flexibility index (Phi) is 7.67. The Morgan fingerprint density at radius 3 is 2.59 bits per heavy atom. The zero-order valence-corrected chi connectivity index (χ0v) is 20.8. The molecule has 3 aromatic rings. The molecular formula is C26H30N4O3S. The number of para-hydroxylation sites is 1. The number of benzene rings is 2. The Hall–Kier alpha value is -3.13. The maximum absolute atomic E-state index is 12.9. The van der Waals surface area contributed by atoms with Gasteiger partial charge in [0.25, 0.3) is 0 Å². The van der Waals surface area contributed by atoms with Gasteiger partial charge in [-0.1, -0.05) is 49.7 Å². The molecule has 7 nitrogen and oxygen atoms in total. The molecular weight excluding hydrogens is 448 g/mol. The highest BCUT2D eigenvalue weighted by Gasteiger charge is 2.34. The number of anilines is 1. The summed E-state index contributed by atoms with van der Waals surface area (Å²) in [6.07, 6.45) is 2.79. The lowest BCUT2D eigenvalue weighted by Gasteiger charge is -2.30. The van der Waals surface area contributed by atoms with Crippen molar-refractivity contribution in [1.82, 2.24) is 15.2 Å². The van der Waals surface area contributed by atoms with E-state index in [1.165, 1.54) is 13.3 Å². The molecule has 2 heterocycles. The maximum Gasteiger partial charge on any atom is 0.247 e. The number of ether oxygens (including phenoxy) is 2. The minimum absolute atomic E-state index is 0.0727. The summed E-state index contributed by atoms with van der Waals surface area (Å²) in [4.78, 5) is 19.2. The van der Waals surface area contributed by atoms with Crippen molar-refractivity contribution in [3.8, 4) is 22.9 Å². The molecule has 1 amide bonds. The molecule has 0 bridgehead atoms. The molecule has 8 heteroatoms. The molecule has 0 unspecified atom stereocenters. The number of carbonyl (C=O) groups excluding carboxylic acids is 1. The third-order valence-electron chi connectivity index (χ3n) is 5.37. The second-order valence-corrected chi connectivity index (χ2v) is 9.48. The van der Waals surface area contributed by atoms with Crippen LogP contribution >= 0.6 is 11.8 Å². The van der Waals surface area contributed by atoms with Crippen molar-refractivity contribution in [2.75, 3.05) is 10.7 Å². The van der Waals surface area contributed by atoms with Crippen LogP contribution in [0.15, 0.2) is 53.7 Å². The van der Waals surface area contributed by atoms with Crippen molar-refractivity contribution in [2.24, 2.45) is 0 Å². The van der Waals surface area contributed by atoms with E-state index in [1.807, 2.05) is 62.4 Å². The van der Waals surface area contributed by atoms with E-state index in [4.69, 9.17) is 14.5 Å². The summed E-state index contributed by atoms with van der Waals surface area (Å²) in [5.41, 5.74) is 2.81. The third kappa shape index (κ3) is 5.33. The van der Waals surface area contributed by atoms with Gasteiger partial charge in [-0.15, -0.1) is 10.2 Å². The summed E-state index contributed by atoms with van der Waals surface area (Å²) < 4.78 is 12.2. The lowest BCUT2D eigenvalue weighted by atomic mass is 10.1. The number of aromatic nitrogens is 3. The van der Waals surface area contributed by atoms with E-state index >= 15 is 0 Å². The van der Waals surface area contributed by atoms with E-state index < -0.39 is 6.23 Å². The van der Waals surface area contributed by atoms with Crippen LogP contribution < -0.4 is 14.4 Å². The Labute approximate surface area is 204 Å². The number of nitrogens with zero attached hydrogens (tertiary/aromatic N) is 4. The van der Waals surface area contributed by atoms with E-state index in [2.05, 4.69) is 17.1 Å². The summed E-state index contributed by atoms with van der Waals surface area (Å²) in [7, 11) is 0. The highest BCUT2D eigenvalue weighted by molar-refractivity contribution is 7.99. The minimum atomic E-state index is -0.706. The first kappa shape index (κ1) is 24.0. The van der Waals surface area contributed by atoms with Crippen LogP contribution in [0.25, 0.3) is 11.3 Å². The fourth-order valence-corrected chi connectivity index (χ4v) is 4.61. The van der Waals surface area contributed by atoms with Crippen molar-refractivity contribution in [2.45, 2.75) is 64.4 Å². The molecule has 0 saturated heterocycles. The Bertz CT molecular complexity index is 1140. The average molecular weight is 479 g/mol. The van der Waals surface area contributed by atoms with Gasteiger partial charge in [0.2, 0.25) is 23.2 Å². The summed E-state index contributed by atoms with van der Waals surface area (Å²) in [5.74, 6) is 1.91. The topological polar surface area (TPSA) is 77.4 Å². The highest BCUT2D eigenvalue weighted by Crippen LogP contribution is 2.43. The molecule has 1 aliphatic heterocycles. The zero-order chi connectivity index (χ0) is 24.1. The second kappa shape index (κ2) is 10.9. The molecule has 2 aromatic carbocycles. The van der Waals surface area contributed by atoms with Crippen LogP contribution in [0.2, 0.25) is 0 Å². The number of amides is 1. The van der Waals surface area contributed by atoms with Crippen molar-refractivity contribution in [1.29, 1.82) is 0 Å². The van der Waals surface area contributed by atoms with Gasteiger partial charge in [-0.05, 0) is 50.6 Å². The van der Waals surface area contributed by atoms with E-state index in [-0.39, 0.29) is 12.0 Å². The van der Waals surface area contributed by atoms with Crippen molar-refractivity contribution in [3.63, 3.8) is 0 Å². The predicted octanol–water partition coefficient (Wildman–Crippen LogP) is 6.05. The number of hydrogen-bond acceptors (Lipinski definition) is 7. The first-order chi connectivity index (χ1) is 16.5. The molecule has 34 heavy (non-hydrogen) atoms. The molecule has 0 fully saturated rings. The molecule has 0 radical (unpaired) electrons. The van der Waals surface area contributed by atoms with Gasteiger partial charge in [-0.2, -0.15) is 4.98 Å². The number of rotatable bonds is 8. The number of hydrogen-bond donors (Lipinski definition) is 0. The molecule has 178 valence electrons. The molecule has 1 aliphatic rings. The molecule has 0 spiro atoms. The van der Waals surface area contributed by atoms with Gasteiger partial charge >= 0.3 is 0 Å². The van der Waals surface area contributed by atoms with E-state index in [0.29, 0.717) is 22.4 Å². The van der Waals surface area contributed by atoms with Crippen LogP contribution in [0.3, 0.4) is 0 Å². The average Bonchev–Trinajstić information content (AvgIpc) is 2.96. The van der Waals surface area contributed by atoms with E-state index in [9.17, 15) is 4.79 Å². The molecule has 4 rings (SSSR count). The van der Waals surface area contributed by atoms with Crippen molar-refractivity contribution >= 4 is 23.4 Å². The van der Waals surface area contributed by atoms with Crippen LogP contribution in [0.1, 0.15) is 58.7 Å². The van der Waals surface area contributed by atoms with Crippen molar-refractivity contribution in [3.05, 3.63) is 54.1 Å². The van der Waals surface area contributed by atoms with Crippen LogP contribution in [-0.2, 0) is 4.79 Å². The third-order valence-corrected chi connectivity index (χ3v) is 6.29. The molecule has 0 saturated carbocycles. The maximum atomic E-state index is 12.9. The number of thioether (sulfide) groups is 1. The normalized spacial score (nSPS) is 14.7. The Morgan fingerprint density at radius 2 is 1.88 bits per heavy atom. The molecule has 0 aliphatic carbocycles. The van der Waals surface area contributed by atoms with Gasteiger partial charge in [0.1, 0.15) is 5.75 Å². The monoisotopic (exact) mass is 478 g/mol. The highest BCUT2D eigenvalue weighted by atomic mass is 32.2. The number of carbonyl (C=O) groups is 1. The van der Waals surface area contributed by atoms with E-state index in [1.54, 1.807) is 16.7 Å². The first-order valence-electron chi connectivity index (χ1n) is 11.7. The van der Waals surface area contributed by atoms with Gasteiger partial charge in [0.05, 0.1) is 11.8 Å². The lowest BCUT2D eigenvalue weighted by molar-refractivity contribution is -0.118. The van der Waals surface area contributed by atoms with Crippen LogP contribution in [0.5, 0.6) is 11.6 Å². The lowest BCUT2D eigenvalue weighted by Crippen LogP contribution is -2.36. The Morgan fingerprint density at radius 1 is 1.12 bits per heavy atom. The van der Waals surface area contributed by atoms with Crippen LogP contribution in [-0.4, -0.2) is 32.9 Å². The summed E-state index contributed by atoms with van der Waals surface area (Å²) in [5, 5.41) is 9.38. The van der Waals surface area contributed by atoms with Gasteiger partial charge in [0.15, 0.2) is 5.69 Å². The fraction of sp³-hybridized carbons (Fsp3) is 0.385. The summed E-state index contributed by atoms with van der Waals surface area (Å²) in [6.45, 7) is 7.68. The van der Waals surface area contributed by atoms with Crippen LogP contribution in [0.4, 0.5) is 5.69 Å². The van der Waals surface area contributed by atoms with Crippen LogP contribution in [0, 0.1) is 0 Å². The second-order valence-electron chi connectivity index (χ2n) is 8.42. The predicted molar refractivity (Wildman–Crippen MR) is 134 cm³/mol. The number of unbranched alkanes of at least 4 members (excludes halogenated alkanes) is 2. The number of fused-ring (bicyclic) bond motifs is 3. The molecule has 0 N–H and O–H groups in total. The van der Waals surface area contributed by atoms with Gasteiger partial charge < -0.3 is 9.47 Å². The van der Waals surface area contributed by atoms with E-state index in [0.717, 1.165) is 35.5 Å². The smallest absolute Gasteiger partial charge is 0.247 e. The molecule has 1 atom stereocenters. The first-order valence-corrected chi connectivity index (χ1v) is 12.7.